The number of carbonyl (C=O) groups excluding carboxylic acids is 1. The number of benzene rings is 4. The van der Waals surface area contributed by atoms with Crippen molar-refractivity contribution in [2.75, 3.05) is 13.2 Å². The van der Waals surface area contributed by atoms with Crippen LogP contribution in [0.2, 0.25) is 0 Å². The second kappa shape index (κ2) is 14.2. The van der Waals surface area contributed by atoms with Crippen LogP contribution in [0, 0.1) is 0 Å². The van der Waals surface area contributed by atoms with Crippen molar-refractivity contribution in [1.29, 1.82) is 0 Å². The van der Waals surface area contributed by atoms with E-state index in [1.165, 1.54) is 0 Å². The Bertz CT molecular complexity index is 1590. The normalized spacial score (nSPS) is 17.3. The first-order valence-corrected chi connectivity index (χ1v) is 14.2. The average Bonchev–Trinajstić information content (AvgIpc) is 3.45. The maximum Gasteiger partial charge on any atom is 0.252 e. The molecule has 0 spiro atoms. The van der Waals surface area contributed by atoms with Crippen molar-refractivity contribution in [3.63, 3.8) is 0 Å². The Morgan fingerprint density at radius 2 is 1.63 bits per heavy atom. The van der Waals surface area contributed by atoms with Gasteiger partial charge in [-0.25, -0.2) is 4.99 Å². The van der Waals surface area contributed by atoms with Crippen molar-refractivity contribution in [3.8, 4) is 5.75 Å². The highest BCUT2D eigenvalue weighted by Gasteiger charge is 2.53. The number of aliphatic hydroxyl groups excluding tert-OH is 1. The third kappa shape index (κ3) is 7.04. The summed E-state index contributed by atoms with van der Waals surface area (Å²) in [7, 11) is 0. The van der Waals surface area contributed by atoms with Crippen molar-refractivity contribution in [2.24, 2.45) is 10.1 Å². The minimum Gasteiger partial charge on any atom is -0.494 e. The number of nitrogens with zero attached hydrogens (tertiary/aromatic N) is 4. The number of rotatable bonds is 13. The van der Waals surface area contributed by atoms with Gasteiger partial charge in [-0.1, -0.05) is 90.0 Å². The lowest BCUT2D eigenvalue weighted by Crippen LogP contribution is -2.49. The van der Waals surface area contributed by atoms with Gasteiger partial charge in [0, 0.05) is 36.5 Å². The highest BCUT2D eigenvalue weighted by atomic mass is 16.5. The smallest absolute Gasteiger partial charge is 0.252 e. The molecule has 2 atom stereocenters. The van der Waals surface area contributed by atoms with Gasteiger partial charge in [0.2, 0.25) is 5.90 Å². The maximum absolute atomic E-state index is 14.4. The minimum absolute atomic E-state index is 0.0595. The Kier molecular flexibility index (Phi) is 9.69. The summed E-state index contributed by atoms with van der Waals surface area (Å²) in [5.41, 5.74) is 11.8. The van der Waals surface area contributed by atoms with E-state index >= 15 is 0 Å². The van der Waals surface area contributed by atoms with Crippen molar-refractivity contribution in [2.45, 2.75) is 37.6 Å². The lowest BCUT2D eigenvalue weighted by molar-refractivity contribution is -0.129. The van der Waals surface area contributed by atoms with Gasteiger partial charge < -0.3 is 19.9 Å². The Labute approximate surface area is 250 Å². The molecule has 218 valence electrons. The van der Waals surface area contributed by atoms with E-state index in [0.29, 0.717) is 36.8 Å². The van der Waals surface area contributed by atoms with E-state index in [4.69, 9.17) is 25.1 Å². The molecule has 4 aromatic rings. The summed E-state index contributed by atoms with van der Waals surface area (Å²) in [5, 5.41) is 16.0. The molecule has 0 aromatic heterocycles. The second-order valence-corrected chi connectivity index (χ2v) is 10.2. The largest absolute Gasteiger partial charge is 0.494 e. The van der Waals surface area contributed by atoms with E-state index in [0.717, 1.165) is 22.3 Å². The molecule has 9 heteroatoms. The second-order valence-electron chi connectivity index (χ2n) is 10.2. The molecule has 0 saturated heterocycles. The number of nitrogens with one attached hydrogen (secondary N) is 1. The van der Waals surface area contributed by atoms with Gasteiger partial charge in [0.25, 0.3) is 5.91 Å². The number of amides is 1. The summed E-state index contributed by atoms with van der Waals surface area (Å²) in [5.74, 6) is 0.732. The van der Waals surface area contributed by atoms with Gasteiger partial charge in [0.1, 0.15) is 5.75 Å². The van der Waals surface area contributed by atoms with Crippen LogP contribution in [0.25, 0.3) is 10.4 Å². The van der Waals surface area contributed by atoms with Crippen molar-refractivity contribution in [1.82, 2.24) is 5.32 Å². The third-order valence-corrected chi connectivity index (χ3v) is 7.31. The van der Waals surface area contributed by atoms with E-state index in [1.54, 1.807) is 0 Å². The fourth-order valence-electron chi connectivity index (χ4n) is 5.12. The number of hydrogen-bond donors (Lipinski definition) is 2. The van der Waals surface area contributed by atoms with E-state index < -0.39 is 11.6 Å². The highest BCUT2D eigenvalue weighted by Crippen LogP contribution is 2.43. The van der Waals surface area contributed by atoms with Gasteiger partial charge in [-0.3, -0.25) is 4.79 Å². The van der Waals surface area contributed by atoms with Gasteiger partial charge in [0.15, 0.2) is 11.6 Å². The molecule has 1 heterocycles. The molecule has 9 nitrogen and oxygen atoms in total. The zero-order chi connectivity index (χ0) is 29.9. The van der Waals surface area contributed by atoms with Crippen LogP contribution < -0.4 is 10.1 Å². The molecule has 1 aliphatic rings. The molecule has 0 aliphatic carbocycles. The molecule has 0 saturated carbocycles. The summed E-state index contributed by atoms with van der Waals surface area (Å²) >= 11 is 0. The average molecular weight is 576 g/mol. The first-order chi connectivity index (χ1) is 21.1. The number of carbonyl (C=O) groups is 1. The molecule has 43 heavy (non-hydrogen) atoms. The molecule has 0 fully saturated rings. The van der Waals surface area contributed by atoms with Crippen LogP contribution >= 0.6 is 0 Å². The Balaban J connectivity index is 1.57. The molecule has 1 aliphatic heterocycles. The van der Waals surface area contributed by atoms with Crippen molar-refractivity contribution >= 4 is 11.8 Å². The molecule has 4 aromatic carbocycles. The van der Waals surface area contributed by atoms with Crippen LogP contribution in [-0.4, -0.2) is 35.7 Å². The van der Waals surface area contributed by atoms with E-state index in [1.807, 2.05) is 109 Å². The Morgan fingerprint density at radius 1 is 0.953 bits per heavy atom. The lowest BCUT2D eigenvalue weighted by atomic mass is 9.81. The van der Waals surface area contributed by atoms with Crippen LogP contribution in [0.5, 0.6) is 5.75 Å². The van der Waals surface area contributed by atoms with E-state index in [2.05, 4.69) is 15.3 Å². The Hall–Kier alpha value is -5.11. The fourth-order valence-corrected chi connectivity index (χ4v) is 5.12. The SMILES string of the molecule is [N-]=[N+]=NCc1ccccc1C[C@]1(C(=O)NCc2ccccc2)N=C(c2ccc(OCCCO)cc2)O[C@H]1c1ccccc1. The van der Waals surface area contributed by atoms with E-state index in [9.17, 15) is 4.79 Å². The molecule has 1 amide bonds. The number of aliphatic hydroxyl groups is 1. The summed E-state index contributed by atoms with van der Waals surface area (Å²) < 4.78 is 12.3. The molecule has 2 N–H and O–H groups in total. The fraction of sp³-hybridized carbons (Fsp3) is 0.235. The summed E-state index contributed by atoms with van der Waals surface area (Å²) in [4.78, 5) is 22.4. The zero-order valence-corrected chi connectivity index (χ0v) is 23.7. The van der Waals surface area contributed by atoms with Crippen molar-refractivity contribution < 1.29 is 19.4 Å². The lowest BCUT2D eigenvalue weighted by Gasteiger charge is -2.31. The topological polar surface area (TPSA) is 129 Å². The van der Waals surface area contributed by atoms with Gasteiger partial charge in [-0.05, 0) is 52.1 Å². The highest BCUT2D eigenvalue weighted by molar-refractivity contribution is 6.01. The van der Waals surface area contributed by atoms with Gasteiger partial charge in [-0.15, -0.1) is 0 Å². The summed E-state index contributed by atoms with van der Waals surface area (Å²) in [6.45, 7) is 0.945. The van der Waals surface area contributed by atoms with Gasteiger partial charge in [-0.2, -0.15) is 0 Å². The minimum atomic E-state index is -1.37. The molecule has 0 unspecified atom stereocenters. The van der Waals surface area contributed by atoms with Crippen LogP contribution in [0.1, 0.15) is 40.3 Å². The van der Waals surface area contributed by atoms with Gasteiger partial charge in [0.05, 0.1) is 13.2 Å². The molecule has 0 bridgehead atoms. The monoisotopic (exact) mass is 575 g/mol. The maximum atomic E-state index is 14.4. The number of hydrogen-bond acceptors (Lipinski definition) is 6. The summed E-state index contributed by atoms with van der Waals surface area (Å²) in [6.07, 6.45) is 0.0290. The quantitative estimate of drug-likeness (QED) is 0.0867. The summed E-state index contributed by atoms with van der Waals surface area (Å²) in [6, 6.07) is 34.3. The van der Waals surface area contributed by atoms with E-state index in [-0.39, 0.29) is 25.5 Å². The van der Waals surface area contributed by atoms with Gasteiger partial charge >= 0.3 is 0 Å². The predicted octanol–water partition coefficient (Wildman–Crippen LogP) is 6.07. The molecular formula is C34H33N5O4. The third-order valence-electron chi connectivity index (χ3n) is 7.31. The first kappa shape index (κ1) is 29.4. The van der Waals surface area contributed by atoms with Crippen LogP contribution in [0.4, 0.5) is 0 Å². The number of ether oxygens (including phenoxy) is 2. The molecular weight excluding hydrogens is 542 g/mol. The van der Waals surface area contributed by atoms with Crippen LogP contribution in [-0.2, 0) is 29.0 Å². The predicted molar refractivity (Wildman–Crippen MR) is 164 cm³/mol. The first-order valence-electron chi connectivity index (χ1n) is 14.2. The molecule has 5 rings (SSSR count). The van der Waals surface area contributed by atoms with Crippen molar-refractivity contribution in [3.05, 3.63) is 147 Å². The number of azide groups is 1. The van der Waals surface area contributed by atoms with Crippen LogP contribution in [0.15, 0.2) is 119 Å². The zero-order valence-electron chi connectivity index (χ0n) is 23.7. The standard InChI is InChI=1S/C34H33N5O4/c35-39-37-24-29-15-8-7-14-28(29)22-34(33(41)36-23-25-10-3-1-4-11-25)31(26-12-5-2-6-13-26)43-32(38-34)27-16-18-30(19-17-27)42-21-9-20-40/h1-8,10-19,31,40H,9,20-24H2,(H,36,41)/t31-,34-/m0/s1. The number of aliphatic imine (C=N–C) groups is 1. The Morgan fingerprint density at radius 3 is 2.33 bits per heavy atom. The van der Waals surface area contributed by atoms with Crippen LogP contribution in [0.3, 0.4) is 0 Å². The molecule has 0 radical (unpaired) electrons.